The zero-order valence-corrected chi connectivity index (χ0v) is 12.9. The Morgan fingerprint density at radius 3 is 2.58 bits per heavy atom. The van der Waals surface area contributed by atoms with Gasteiger partial charge in [0.2, 0.25) is 0 Å². The monoisotopic (exact) mass is 283 g/mol. The molecule has 0 amide bonds. The predicted octanol–water partition coefficient (Wildman–Crippen LogP) is 1.71. The summed E-state index contributed by atoms with van der Waals surface area (Å²) in [6.45, 7) is 2.73. The number of aliphatic imine (C=N–C) groups is 1. The van der Waals surface area contributed by atoms with Crippen molar-refractivity contribution < 1.29 is 4.74 Å². The predicted molar refractivity (Wildman–Crippen MR) is 80.9 cm³/mol. The van der Waals surface area contributed by atoms with Crippen LogP contribution in [0.1, 0.15) is 32.1 Å². The molecule has 0 aromatic heterocycles. The van der Waals surface area contributed by atoms with Crippen LogP contribution in [0.25, 0.3) is 0 Å². The lowest BCUT2D eigenvalue weighted by atomic mass is 9.76. The molecular formula is C14H25N3OS. The van der Waals surface area contributed by atoms with Gasteiger partial charge >= 0.3 is 0 Å². The number of ether oxygens (including phenoxy) is 1. The van der Waals surface area contributed by atoms with E-state index in [4.69, 9.17) is 9.73 Å². The minimum atomic E-state index is 0.270. The fraction of sp³-hybridized carbons (Fsp3) is 0.929. The quantitative estimate of drug-likeness (QED) is 0.855. The largest absolute Gasteiger partial charge is 0.381 e. The fourth-order valence-corrected chi connectivity index (χ4v) is 4.39. The normalized spacial score (nSPS) is 30.6. The number of hydrogen-bond donors (Lipinski definition) is 1. The lowest BCUT2D eigenvalue weighted by molar-refractivity contribution is 0.0552. The van der Waals surface area contributed by atoms with Crippen LogP contribution in [0, 0.1) is 0 Å². The van der Waals surface area contributed by atoms with Crippen LogP contribution in [0.3, 0.4) is 0 Å². The Bertz CT molecular complexity index is 360. The Morgan fingerprint density at radius 2 is 2.00 bits per heavy atom. The highest BCUT2D eigenvalue weighted by molar-refractivity contribution is 8.14. The molecule has 0 aromatic carbocycles. The molecule has 1 saturated carbocycles. The van der Waals surface area contributed by atoms with Gasteiger partial charge in [-0.15, -0.1) is 0 Å². The number of nitrogens with one attached hydrogen (secondary N) is 1. The van der Waals surface area contributed by atoms with Crippen LogP contribution < -0.4 is 5.32 Å². The number of hydrogen-bond acceptors (Lipinski definition) is 4. The van der Waals surface area contributed by atoms with Crippen molar-refractivity contribution in [1.29, 1.82) is 0 Å². The summed E-state index contributed by atoms with van der Waals surface area (Å²) in [4.78, 5) is 7.24. The van der Waals surface area contributed by atoms with E-state index in [0.29, 0.717) is 5.54 Å². The summed E-state index contributed by atoms with van der Waals surface area (Å²) in [5.41, 5.74) is 0.604. The Morgan fingerprint density at radius 1 is 1.26 bits per heavy atom. The smallest absolute Gasteiger partial charge is 0.157 e. The van der Waals surface area contributed by atoms with Crippen LogP contribution >= 0.6 is 11.8 Å². The van der Waals surface area contributed by atoms with Crippen molar-refractivity contribution in [3.8, 4) is 0 Å². The van der Waals surface area contributed by atoms with Gasteiger partial charge in [-0.25, -0.2) is 0 Å². The first-order valence-electron chi connectivity index (χ1n) is 7.35. The van der Waals surface area contributed by atoms with E-state index in [9.17, 15) is 0 Å². The molecule has 2 heterocycles. The van der Waals surface area contributed by atoms with Crippen LogP contribution in [0.4, 0.5) is 0 Å². The van der Waals surface area contributed by atoms with E-state index in [1.165, 1.54) is 19.3 Å². The third kappa shape index (κ3) is 2.65. The van der Waals surface area contributed by atoms with Crippen molar-refractivity contribution in [2.24, 2.45) is 4.99 Å². The fourth-order valence-electron chi connectivity index (χ4n) is 3.17. The Kier molecular flexibility index (Phi) is 3.80. The second-order valence-corrected chi connectivity index (χ2v) is 7.36. The minimum absolute atomic E-state index is 0.270. The molecule has 0 aromatic rings. The third-order valence-corrected chi connectivity index (χ3v) is 6.26. The molecule has 0 unspecified atom stereocenters. The lowest BCUT2D eigenvalue weighted by Gasteiger charge is -2.46. The molecule has 0 bridgehead atoms. The van der Waals surface area contributed by atoms with Crippen molar-refractivity contribution in [3.05, 3.63) is 0 Å². The van der Waals surface area contributed by atoms with E-state index < -0.39 is 0 Å². The second-order valence-electron chi connectivity index (χ2n) is 6.40. The van der Waals surface area contributed by atoms with E-state index in [-0.39, 0.29) is 5.54 Å². The summed E-state index contributed by atoms with van der Waals surface area (Å²) in [7, 11) is 4.38. The number of nitrogens with zero attached hydrogens (tertiary/aromatic N) is 2. The molecule has 4 nitrogen and oxygen atoms in total. The highest BCUT2D eigenvalue weighted by Crippen LogP contribution is 2.37. The highest BCUT2D eigenvalue weighted by atomic mass is 32.2. The third-order valence-electron chi connectivity index (χ3n) is 5.06. The van der Waals surface area contributed by atoms with Gasteiger partial charge in [-0.1, -0.05) is 11.8 Å². The summed E-state index contributed by atoms with van der Waals surface area (Å²) >= 11 is 1.90. The van der Waals surface area contributed by atoms with Gasteiger partial charge in [-0.05, 0) is 46.2 Å². The Hall–Kier alpha value is -0.260. The van der Waals surface area contributed by atoms with Gasteiger partial charge in [0.05, 0.1) is 12.1 Å². The summed E-state index contributed by atoms with van der Waals surface area (Å²) in [5, 5.41) is 4.84. The van der Waals surface area contributed by atoms with Gasteiger partial charge in [0, 0.05) is 24.5 Å². The molecule has 19 heavy (non-hydrogen) atoms. The van der Waals surface area contributed by atoms with Crippen LogP contribution in [0.2, 0.25) is 0 Å². The zero-order valence-electron chi connectivity index (χ0n) is 12.1. The zero-order chi connectivity index (χ0) is 13.3. The molecule has 5 heteroatoms. The van der Waals surface area contributed by atoms with Gasteiger partial charge in [0.15, 0.2) is 5.17 Å². The first-order valence-corrected chi connectivity index (χ1v) is 8.33. The van der Waals surface area contributed by atoms with E-state index in [1.807, 2.05) is 11.8 Å². The molecule has 2 aliphatic heterocycles. The Balaban J connectivity index is 1.60. The van der Waals surface area contributed by atoms with E-state index in [1.54, 1.807) is 0 Å². The number of thioether (sulfide) groups is 1. The van der Waals surface area contributed by atoms with Gasteiger partial charge < -0.3 is 15.0 Å². The number of amidine groups is 1. The molecule has 1 aliphatic carbocycles. The van der Waals surface area contributed by atoms with Crippen molar-refractivity contribution in [2.45, 2.75) is 43.2 Å². The SMILES string of the molecule is CN(C)C1(CN=C2NC3(CCOCC3)CS2)CCC1. The van der Waals surface area contributed by atoms with E-state index in [0.717, 1.165) is 43.5 Å². The average molecular weight is 283 g/mol. The topological polar surface area (TPSA) is 36.9 Å². The second kappa shape index (κ2) is 5.26. The minimum Gasteiger partial charge on any atom is -0.381 e. The summed E-state index contributed by atoms with van der Waals surface area (Å²) in [5.74, 6) is 1.16. The van der Waals surface area contributed by atoms with Crippen molar-refractivity contribution in [1.82, 2.24) is 10.2 Å². The van der Waals surface area contributed by atoms with Crippen LogP contribution in [0.15, 0.2) is 4.99 Å². The molecule has 2 saturated heterocycles. The molecule has 3 aliphatic rings. The van der Waals surface area contributed by atoms with Gasteiger partial charge in [0.25, 0.3) is 0 Å². The van der Waals surface area contributed by atoms with E-state index >= 15 is 0 Å². The summed E-state index contributed by atoms with van der Waals surface area (Å²) < 4.78 is 5.47. The molecule has 1 spiro atoms. The summed E-state index contributed by atoms with van der Waals surface area (Å²) in [6.07, 6.45) is 6.18. The maximum Gasteiger partial charge on any atom is 0.157 e. The van der Waals surface area contributed by atoms with Gasteiger partial charge in [-0.3, -0.25) is 4.99 Å². The van der Waals surface area contributed by atoms with Gasteiger partial charge in [-0.2, -0.15) is 0 Å². The van der Waals surface area contributed by atoms with Gasteiger partial charge in [0.1, 0.15) is 0 Å². The maximum absolute atomic E-state index is 5.47. The highest BCUT2D eigenvalue weighted by Gasteiger charge is 2.41. The molecular weight excluding hydrogens is 258 g/mol. The van der Waals surface area contributed by atoms with Crippen molar-refractivity contribution in [3.63, 3.8) is 0 Å². The first-order chi connectivity index (χ1) is 9.14. The first kappa shape index (κ1) is 13.7. The van der Waals surface area contributed by atoms with Crippen molar-refractivity contribution >= 4 is 16.9 Å². The lowest BCUT2D eigenvalue weighted by Crippen LogP contribution is -2.53. The molecule has 3 fully saturated rings. The van der Waals surface area contributed by atoms with Crippen LogP contribution in [-0.2, 0) is 4.74 Å². The molecule has 3 rings (SSSR count). The van der Waals surface area contributed by atoms with E-state index in [2.05, 4.69) is 24.3 Å². The van der Waals surface area contributed by atoms with Crippen LogP contribution in [0.5, 0.6) is 0 Å². The maximum atomic E-state index is 5.47. The van der Waals surface area contributed by atoms with Crippen molar-refractivity contribution in [2.75, 3.05) is 39.6 Å². The number of likely N-dealkylation sites (N-methyl/N-ethyl adjacent to an activating group) is 1. The standard InChI is InChI=1S/C14H25N3OS/c1-17(2)14(4-3-5-14)10-15-12-16-13(11-19-12)6-8-18-9-7-13/h3-11H2,1-2H3,(H,15,16). The summed E-state index contributed by atoms with van der Waals surface area (Å²) in [6, 6.07) is 0. The molecule has 1 N–H and O–H groups in total. The van der Waals surface area contributed by atoms with Crippen LogP contribution in [-0.4, -0.2) is 60.8 Å². The number of rotatable bonds is 3. The molecule has 0 atom stereocenters. The average Bonchev–Trinajstić information content (AvgIpc) is 2.71. The molecule has 0 radical (unpaired) electrons. The Labute approximate surface area is 120 Å². The molecule has 108 valence electrons.